The van der Waals surface area contributed by atoms with Crippen molar-refractivity contribution in [1.29, 1.82) is 0 Å². The summed E-state index contributed by atoms with van der Waals surface area (Å²) in [4.78, 5) is 11.7. The van der Waals surface area contributed by atoms with E-state index in [2.05, 4.69) is 31.1 Å². The smallest absolute Gasteiger partial charge is 0.237 e. The molecule has 0 saturated heterocycles. The molecule has 3 nitrogen and oxygen atoms in total. The zero-order valence-electron chi connectivity index (χ0n) is 10.3. The number of hydrogen-bond donors (Lipinski definition) is 2. The van der Waals surface area contributed by atoms with Crippen LogP contribution in [0.3, 0.4) is 0 Å². The van der Waals surface area contributed by atoms with Crippen LogP contribution >= 0.6 is 0 Å². The highest BCUT2D eigenvalue weighted by Gasteiger charge is 2.16. The van der Waals surface area contributed by atoms with E-state index < -0.39 is 0 Å². The molecular formula is C12H24N2O. The van der Waals surface area contributed by atoms with Gasteiger partial charge in [-0.05, 0) is 26.7 Å². The van der Waals surface area contributed by atoms with Gasteiger partial charge in [-0.2, -0.15) is 0 Å². The monoisotopic (exact) mass is 212 g/mol. The van der Waals surface area contributed by atoms with E-state index in [1.165, 1.54) is 0 Å². The summed E-state index contributed by atoms with van der Waals surface area (Å²) in [7, 11) is 0. The van der Waals surface area contributed by atoms with Gasteiger partial charge in [-0.3, -0.25) is 4.79 Å². The number of carbonyl (C=O) groups excluding carboxylic acids is 1. The van der Waals surface area contributed by atoms with Crippen molar-refractivity contribution < 1.29 is 4.79 Å². The van der Waals surface area contributed by atoms with Gasteiger partial charge in [0.1, 0.15) is 0 Å². The molecule has 2 unspecified atom stereocenters. The standard InChI is InChI=1S/C12H24N2O/c1-6-9(4)13-10(5)12(15)14-11(7-2)8-3/h6,9-11,13H,1,7-8H2,2-5H3,(H,14,15). The first kappa shape index (κ1) is 14.2. The van der Waals surface area contributed by atoms with Crippen molar-refractivity contribution in [3.63, 3.8) is 0 Å². The van der Waals surface area contributed by atoms with E-state index in [-0.39, 0.29) is 18.0 Å². The van der Waals surface area contributed by atoms with Gasteiger partial charge in [-0.1, -0.05) is 19.9 Å². The normalized spacial score (nSPS) is 14.7. The highest BCUT2D eigenvalue weighted by Crippen LogP contribution is 1.97. The minimum absolute atomic E-state index is 0.0670. The van der Waals surface area contributed by atoms with Gasteiger partial charge in [0.05, 0.1) is 6.04 Å². The maximum atomic E-state index is 11.7. The third-order valence-electron chi connectivity index (χ3n) is 2.59. The predicted molar refractivity (Wildman–Crippen MR) is 64.8 cm³/mol. The fourth-order valence-electron chi connectivity index (χ4n) is 1.36. The number of carbonyl (C=O) groups is 1. The molecule has 0 aliphatic heterocycles. The van der Waals surface area contributed by atoms with Crippen LogP contribution in [-0.2, 0) is 4.79 Å². The summed E-state index contributed by atoms with van der Waals surface area (Å²) in [5.41, 5.74) is 0. The van der Waals surface area contributed by atoms with Gasteiger partial charge in [0.25, 0.3) is 0 Å². The van der Waals surface area contributed by atoms with Crippen LogP contribution in [0.1, 0.15) is 40.5 Å². The largest absolute Gasteiger partial charge is 0.352 e. The second-order valence-corrected chi connectivity index (χ2v) is 3.93. The summed E-state index contributed by atoms with van der Waals surface area (Å²) in [6, 6.07) is 0.284. The number of rotatable bonds is 7. The van der Waals surface area contributed by atoms with Crippen LogP contribution in [0.15, 0.2) is 12.7 Å². The van der Waals surface area contributed by atoms with Crippen molar-refractivity contribution in [2.75, 3.05) is 0 Å². The van der Waals surface area contributed by atoms with Gasteiger partial charge in [0.2, 0.25) is 5.91 Å². The zero-order valence-corrected chi connectivity index (χ0v) is 10.3. The Labute approximate surface area is 93.3 Å². The molecule has 0 aromatic rings. The van der Waals surface area contributed by atoms with Crippen LogP contribution in [0, 0.1) is 0 Å². The number of nitrogens with one attached hydrogen (secondary N) is 2. The Morgan fingerprint density at radius 3 is 2.27 bits per heavy atom. The Bertz CT molecular complexity index is 200. The molecule has 1 amide bonds. The third-order valence-corrected chi connectivity index (χ3v) is 2.59. The number of hydrogen-bond acceptors (Lipinski definition) is 2. The van der Waals surface area contributed by atoms with Crippen LogP contribution in [0.25, 0.3) is 0 Å². The van der Waals surface area contributed by atoms with Crippen LogP contribution in [0.2, 0.25) is 0 Å². The van der Waals surface area contributed by atoms with Gasteiger partial charge < -0.3 is 10.6 Å². The molecule has 0 aromatic carbocycles. The molecule has 0 aliphatic carbocycles. The Kier molecular flexibility index (Phi) is 7.05. The van der Waals surface area contributed by atoms with Crippen molar-refractivity contribution in [1.82, 2.24) is 10.6 Å². The van der Waals surface area contributed by atoms with Gasteiger partial charge in [-0.15, -0.1) is 6.58 Å². The van der Waals surface area contributed by atoms with Crippen molar-refractivity contribution >= 4 is 5.91 Å². The fourth-order valence-corrected chi connectivity index (χ4v) is 1.36. The minimum Gasteiger partial charge on any atom is -0.352 e. The summed E-state index contributed by atoms with van der Waals surface area (Å²) in [6.07, 6.45) is 3.75. The first-order valence-corrected chi connectivity index (χ1v) is 5.74. The summed E-state index contributed by atoms with van der Waals surface area (Å²) >= 11 is 0. The number of amides is 1. The first-order chi connectivity index (χ1) is 7.04. The molecule has 0 bridgehead atoms. The maximum Gasteiger partial charge on any atom is 0.237 e. The Morgan fingerprint density at radius 2 is 1.87 bits per heavy atom. The molecule has 3 heteroatoms. The van der Waals surface area contributed by atoms with Crippen molar-refractivity contribution in [3.8, 4) is 0 Å². The van der Waals surface area contributed by atoms with Gasteiger partial charge >= 0.3 is 0 Å². The maximum absolute atomic E-state index is 11.7. The molecule has 0 spiro atoms. The topological polar surface area (TPSA) is 41.1 Å². The van der Waals surface area contributed by atoms with Crippen LogP contribution < -0.4 is 10.6 Å². The van der Waals surface area contributed by atoms with Crippen LogP contribution in [0.5, 0.6) is 0 Å². The van der Waals surface area contributed by atoms with Gasteiger partial charge in [0, 0.05) is 12.1 Å². The molecule has 0 rings (SSSR count). The van der Waals surface area contributed by atoms with Crippen molar-refractivity contribution in [2.45, 2.75) is 58.7 Å². The van der Waals surface area contributed by atoms with E-state index in [0.29, 0.717) is 6.04 Å². The molecule has 2 atom stereocenters. The molecule has 15 heavy (non-hydrogen) atoms. The first-order valence-electron chi connectivity index (χ1n) is 5.74. The van der Waals surface area contributed by atoms with E-state index in [1.54, 1.807) is 6.08 Å². The van der Waals surface area contributed by atoms with E-state index in [0.717, 1.165) is 12.8 Å². The van der Waals surface area contributed by atoms with E-state index >= 15 is 0 Å². The zero-order chi connectivity index (χ0) is 11.8. The molecule has 0 radical (unpaired) electrons. The molecule has 0 saturated carbocycles. The molecule has 0 aromatic heterocycles. The van der Waals surface area contributed by atoms with Gasteiger partial charge in [-0.25, -0.2) is 0 Å². The van der Waals surface area contributed by atoms with Crippen LogP contribution in [-0.4, -0.2) is 24.0 Å². The quantitative estimate of drug-likeness (QED) is 0.632. The molecular weight excluding hydrogens is 188 g/mol. The highest BCUT2D eigenvalue weighted by molar-refractivity contribution is 5.81. The lowest BCUT2D eigenvalue weighted by Crippen LogP contribution is -2.48. The summed E-state index contributed by atoms with van der Waals surface area (Å²) in [6.45, 7) is 11.7. The fraction of sp³-hybridized carbons (Fsp3) is 0.750. The lowest BCUT2D eigenvalue weighted by atomic mass is 10.1. The Morgan fingerprint density at radius 1 is 1.33 bits per heavy atom. The SMILES string of the molecule is C=CC(C)NC(C)C(=O)NC(CC)CC. The van der Waals surface area contributed by atoms with Crippen LogP contribution in [0.4, 0.5) is 0 Å². The minimum atomic E-state index is -0.168. The lowest BCUT2D eigenvalue weighted by Gasteiger charge is -2.21. The Hall–Kier alpha value is -0.830. The summed E-state index contributed by atoms with van der Waals surface area (Å²) in [5.74, 6) is 0.0670. The molecule has 0 fully saturated rings. The predicted octanol–water partition coefficient (Wildman–Crippen LogP) is 1.84. The average molecular weight is 212 g/mol. The molecule has 2 N–H and O–H groups in total. The second-order valence-electron chi connectivity index (χ2n) is 3.93. The Balaban J connectivity index is 4.02. The van der Waals surface area contributed by atoms with E-state index in [9.17, 15) is 4.79 Å². The van der Waals surface area contributed by atoms with E-state index in [1.807, 2.05) is 13.8 Å². The highest BCUT2D eigenvalue weighted by atomic mass is 16.2. The average Bonchev–Trinajstić information content (AvgIpc) is 2.24. The van der Waals surface area contributed by atoms with Crippen molar-refractivity contribution in [2.24, 2.45) is 0 Å². The molecule has 88 valence electrons. The molecule has 0 aliphatic rings. The van der Waals surface area contributed by atoms with E-state index in [4.69, 9.17) is 0 Å². The van der Waals surface area contributed by atoms with Crippen molar-refractivity contribution in [3.05, 3.63) is 12.7 Å². The third kappa shape index (κ3) is 5.57. The summed E-state index contributed by atoms with van der Waals surface area (Å²) < 4.78 is 0. The molecule has 0 heterocycles. The van der Waals surface area contributed by atoms with Gasteiger partial charge in [0.15, 0.2) is 0 Å². The second kappa shape index (κ2) is 7.46. The lowest BCUT2D eigenvalue weighted by molar-refractivity contribution is -0.123. The summed E-state index contributed by atoms with van der Waals surface area (Å²) in [5, 5.41) is 6.16.